The van der Waals surface area contributed by atoms with Gasteiger partial charge in [0.1, 0.15) is 0 Å². The SMILES string of the molecule is O=C1c2cc(-c3nnc(C(F)F)o3)ccc2CN1[C@@H]1CCCC[C@H]1NC(=O)C1(c2ccccc2)CCC1. The lowest BCUT2D eigenvalue weighted by molar-refractivity contribution is -0.131. The van der Waals surface area contributed by atoms with E-state index in [0.29, 0.717) is 17.7 Å². The van der Waals surface area contributed by atoms with Crippen LogP contribution in [0.1, 0.15) is 78.7 Å². The summed E-state index contributed by atoms with van der Waals surface area (Å²) in [6, 6.07) is 14.9. The molecule has 37 heavy (non-hydrogen) atoms. The van der Waals surface area contributed by atoms with E-state index in [9.17, 15) is 18.4 Å². The van der Waals surface area contributed by atoms with Crippen LogP contribution < -0.4 is 5.32 Å². The van der Waals surface area contributed by atoms with Gasteiger partial charge < -0.3 is 14.6 Å². The molecule has 1 N–H and O–H groups in total. The summed E-state index contributed by atoms with van der Waals surface area (Å²) in [6.07, 6.45) is 3.47. The molecule has 9 heteroatoms. The second kappa shape index (κ2) is 9.36. The average Bonchev–Trinajstić information content (AvgIpc) is 3.50. The molecule has 2 fully saturated rings. The summed E-state index contributed by atoms with van der Waals surface area (Å²) >= 11 is 0. The number of fused-ring (bicyclic) bond motifs is 1. The summed E-state index contributed by atoms with van der Waals surface area (Å²) in [5.74, 6) is -0.861. The van der Waals surface area contributed by atoms with Crippen LogP contribution in [-0.2, 0) is 16.8 Å². The Bertz CT molecular complexity index is 1320. The number of carbonyl (C=O) groups is 2. The summed E-state index contributed by atoms with van der Waals surface area (Å²) < 4.78 is 30.8. The second-order valence-corrected chi connectivity index (χ2v) is 10.3. The molecular formula is C28H28F2N4O3. The number of halogens is 2. The first-order chi connectivity index (χ1) is 18.0. The second-order valence-electron chi connectivity index (χ2n) is 10.3. The highest BCUT2D eigenvalue weighted by Crippen LogP contribution is 2.44. The van der Waals surface area contributed by atoms with Crippen LogP contribution >= 0.6 is 0 Å². The van der Waals surface area contributed by atoms with E-state index in [1.165, 1.54) is 0 Å². The lowest BCUT2D eigenvalue weighted by atomic mass is 9.63. The summed E-state index contributed by atoms with van der Waals surface area (Å²) in [5.41, 5.74) is 2.36. The number of hydrogen-bond acceptors (Lipinski definition) is 5. The first-order valence-corrected chi connectivity index (χ1v) is 12.9. The maximum atomic E-state index is 13.6. The molecule has 0 bridgehead atoms. The van der Waals surface area contributed by atoms with Gasteiger partial charge in [-0.05, 0) is 48.9 Å². The molecule has 1 aromatic heterocycles. The highest BCUT2D eigenvalue weighted by atomic mass is 19.3. The number of hydrogen-bond donors (Lipinski definition) is 1. The molecule has 2 aromatic carbocycles. The summed E-state index contributed by atoms with van der Waals surface area (Å²) in [7, 11) is 0. The molecule has 2 saturated carbocycles. The van der Waals surface area contributed by atoms with Gasteiger partial charge in [0.2, 0.25) is 11.8 Å². The van der Waals surface area contributed by atoms with E-state index < -0.39 is 17.7 Å². The maximum Gasteiger partial charge on any atom is 0.314 e. The van der Waals surface area contributed by atoms with E-state index in [2.05, 4.69) is 15.5 Å². The Morgan fingerprint density at radius 3 is 2.54 bits per heavy atom. The average molecular weight is 507 g/mol. The third-order valence-corrected chi connectivity index (χ3v) is 8.23. The highest BCUT2D eigenvalue weighted by molar-refractivity contribution is 5.99. The van der Waals surface area contributed by atoms with Gasteiger partial charge in [-0.25, -0.2) is 0 Å². The topological polar surface area (TPSA) is 88.3 Å². The summed E-state index contributed by atoms with van der Waals surface area (Å²) in [4.78, 5) is 29.0. The van der Waals surface area contributed by atoms with E-state index >= 15 is 0 Å². The predicted molar refractivity (Wildman–Crippen MR) is 131 cm³/mol. The fraction of sp³-hybridized carbons (Fsp3) is 0.429. The minimum atomic E-state index is -2.85. The van der Waals surface area contributed by atoms with Gasteiger partial charge in [-0.2, -0.15) is 8.78 Å². The van der Waals surface area contributed by atoms with Crippen LogP contribution in [-0.4, -0.2) is 39.0 Å². The van der Waals surface area contributed by atoms with Gasteiger partial charge in [0.25, 0.3) is 11.8 Å². The molecule has 2 heterocycles. The van der Waals surface area contributed by atoms with E-state index in [0.717, 1.165) is 56.1 Å². The van der Waals surface area contributed by atoms with E-state index in [4.69, 9.17) is 4.42 Å². The van der Waals surface area contributed by atoms with Crippen LogP contribution in [0.4, 0.5) is 8.78 Å². The smallest absolute Gasteiger partial charge is 0.314 e. The third kappa shape index (κ3) is 4.10. The minimum absolute atomic E-state index is 0.0427. The zero-order chi connectivity index (χ0) is 25.6. The van der Waals surface area contributed by atoms with Crippen molar-refractivity contribution >= 4 is 11.8 Å². The monoisotopic (exact) mass is 506 g/mol. The van der Waals surface area contributed by atoms with Crippen molar-refractivity contribution < 1.29 is 22.8 Å². The Morgan fingerprint density at radius 2 is 1.84 bits per heavy atom. The largest absolute Gasteiger partial charge is 0.415 e. The Labute approximate surface area is 213 Å². The van der Waals surface area contributed by atoms with Crippen molar-refractivity contribution in [3.05, 3.63) is 71.1 Å². The van der Waals surface area contributed by atoms with Crippen molar-refractivity contribution in [2.75, 3.05) is 0 Å². The Hall–Kier alpha value is -3.62. The molecule has 2 aliphatic carbocycles. The number of benzene rings is 2. The Kier molecular flexibility index (Phi) is 6.01. The van der Waals surface area contributed by atoms with Gasteiger partial charge in [-0.1, -0.05) is 55.7 Å². The zero-order valence-electron chi connectivity index (χ0n) is 20.3. The van der Waals surface area contributed by atoms with E-state index in [1.54, 1.807) is 12.1 Å². The van der Waals surface area contributed by atoms with Crippen molar-refractivity contribution in [1.29, 1.82) is 0 Å². The van der Waals surface area contributed by atoms with Crippen LogP contribution in [0.2, 0.25) is 0 Å². The van der Waals surface area contributed by atoms with Crippen LogP contribution in [0.3, 0.4) is 0 Å². The van der Waals surface area contributed by atoms with Crippen LogP contribution in [0.25, 0.3) is 11.5 Å². The molecule has 1 aliphatic heterocycles. The number of alkyl halides is 2. The molecule has 7 nitrogen and oxygen atoms in total. The quantitative estimate of drug-likeness (QED) is 0.498. The predicted octanol–water partition coefficient (Wildman–Crippen LogP) is 5.18. The molecular weight excluding hydrogens is 478 g/mol. The molecule has 3 aromatic rings. The lowest BCUT2D eigenvalue weighted by Gasteiger charge is -2.44. The molecule has 3 aliphatic rings. The van der Waals surface area contributed by atoms with Crippen molar-refractivity contribution in [2.45, 2.75) is 75.4 Å². The fourth-order valence-corrected chi connectivity index (χ4v) is 6.06. The van der Waals surface area contributed by atoms with Crippen molar-refractivity contribution in [3.63, 3.8) is 0 Å². The molecule has 2 amide bonds. The number of rotatable bonds is 6. The van der Waals surface area contributed by atoms with Crippen molar-refractivity contribution in [3.8, 4) is 11.5 Å². The first kappa shape index (κ1) is 23.8. The van der Waals surface area contributed by atoms with E-state index in [1.807, 2.05) is 41.3 Å². The molecule has 192 valence electrons. The number of nitrogens with one attached hydrogen (secondary N) is 1. The number of aromatic nitrogens is 2. The van der Waals surface area contributed by atoms with E-state index in [-0.39, 0.29) is 29.8 Å². The van der Waals surface area contributed by atoms with Crippen molar-refractivity contribution in [2.24, 2.45) is 0 Å². The van der Waals surface area contributed by atoms with Gasteiger partial charge in [0.05, 0.1) is 11.5 Å². The molecule has 6 rings (SSSR count). The summed E-state index contributed by atoms with van der Waals surface area (Å²) in [6.45, 7) is 0.446. The molecule has 0 unspecified atom stereocenters. The Balaban J connectivity index is 1.21. The van der Waals surface area contributed by atoms with Gasteiger partial charge in [0.15, 0.2) is 0 Å². The maximum absolute atomic E-state index is 13.6. The third-order valence-electron chi connectivity index (χ3n) is 8.23. The minimum Gasteiger partial charge on any atom is -0.415 e. The van der Waals surface area contributed by atoms with Gasteiger partial charge in [-0.15, -0.1) is 10.2 Å². The standard InChI is InChI=1S/C28H28F2N4O3/c29-23(30)25-33-32-24(37-25)17-11-12-18-16-34(26(35)20(18)15-17)22-10-5-4-9-21(22)31-27(36)28(13-6-14-28)19-7-2-1-3-8-19/h1-3,7-8,11-12,15,21-23H,4-6,9-10,13-14,16H2,(H,31,36)/t21-,22-/m1/s1. The van der Waals surface area contributed by atoms with Gasteiger partial charge >= 0.3 is 6.43 Å². The van der Waals surface area contributed by atoms with Gasteiger partial charge in [-0.3, -0.25) is 9.59 Å². The number of carbonyl (C=O) groups excluding carboxylic acids is 2. The molecule has 2 atom stereocenters. The molecule has 0 radical (unpaired) electrons. The summed E-state index contributed by atoms with van der Waals surface area (Å²) in [5, 5.41) is 10.4. The lowest BCUT2D eigenvalue weighted by Crippen LogP contribution is -2.58. The van der Waals surface area contributed by atoms with Gasteiger partial charge in [0, 0.05) is 23.7 Å². The first-order valence-electron chi connectivity index (χ1n) is 12.9. The molecule has 0 saturated heterocycles. The fourth-order valence-electron chi connectivity index (χ4n) is 6.06. The van der Waals surface area contributed by atoms with Crippen LogP contribution in [0, 0.1) is 0 Å². The zero-order valence-corrected chi connectivity index (χ0v) is 20.3. The normalized spacial score (nSPS) is 22.6. The van der Waals surface area contributed by atoms with Crippen molar-refractivity contribution in [1.82, 2.24) is 20.4 Å². The number of amides is 2. The van der Waals surface area contributed by atoms with Crippen LogP contribution in [0.15, 0.2) is 52.9 Å². The number of nitrogens with zero attached hydrogens (tertiary/aromatic N) is 3. The highest BCUT2D eigenvalue weighted by Gasteiger charge is 2.47. The molecule has 0 spiro atoms. The van der Waals surface area contributed by atoms with Crippen LogP contribution in [0.5, 0.6) is 0 Å². The Morgan fingerprint density at radius 1 is 1.05 bits per heavy atom.